The van der Waals surface area contributed by atoms with Crippen LogP contribution in [-0.2, 0) is 4.74 Å². The summed E-state index contributed by atoms with van der Waals surface area (Å²) in [4.78, 5) is 21.0. The summed E-state index contributed by atoms with van der Waals surface area (Å²) >= 11 is 1.38. The second-order valence-corrected chi connectivity index (χ2v) is 8.68. The van der Waals surface area contributed by atoms with Gasteiger partial charge in [-0.05, 0) is 18.6 Å². The van der Waals surface area contributed by atoms with E-state index in [9.17, 15) is 4.79 Å². The molecule has 3 heterocycles. The standard InChI is InChI=1S/C24H27N3O3S/c1-17(14-18-6-3-2-4-7-18)15-27-11-13-30-20(16-27)21-19-8-5-9-26-24(19)31-22(21)23(29)25-10-12-28/h2-9,14,20,28H,10-13,15-16H2,1H3,(H,25,29)/b17-14+/t20-/m1/s1. The Hall–Kier alpha value is -2.58. The Morgan fingerprint density at radius 3 is 2.97 bits per heavy atom. The van der Waals surface area contributed by atoms with Gasteiger partial charge in [-0.1, -0.05) is 48.0 Å². The van der Waals surface area contributed by atoms with Gasteiger partial charge in [0.25, 0.3) is 5.91 Å². The van der Waals surface area contributed by atoms with E-state index < -0.39 is 0 Å². The summed E-state index contributed by atoms with van der Waals surface area (Å²) in [6.45, 7) is 5.30. The zero-order valence-electron chi connectivity index (χ0n) is 17.6. The number of pyridine rings is 1. The van der Waals surface area contributed by atoms with Crippen molar-refractivity contribution < 1.29 is 14.6 Å². The van der Waals surface area contributed by atoms with Crippen LogP contribution in [0.4, 0.5) is 0 Å². The van der Waals surface area contributed by atoms with Crippen LogP contribution in [0.25, 0.3) is 16.3 Å². The van der Waals surface area contributed by atoms with E-state index >= 15 is 0 Å². The molecule has 162 valence electrons. The van der Waals surface area contributed by atoms with Crippen molar-refractivity contribution in [1.29, 1.82) is 0 Å². The molecule has 0 saturated carbocycles. The number of hydrogen-bond donors (Lipinski definition) is 2. The smallest absolute Gasteiger partial charge is 0.261 e. The van der Waals surface area contributed by atoms with Gasteiger partial charge >= 0.3 is 0 Å². The quantitative estimate of drug-likeness (QED) is 0.592. The largest absolute Gasteiger partial charge is 0.395 e. The molecule has 31 heavy (non-hydrogen) atoms. The molecule has 1 aliphatic heterocycles. The fourth-order valence-corrected chi connectivity index (χ4v) is 5.05. The van der Waals surface area contributed by atoms with E-state index in [0.29, 0.717) is 18.0 Å². The molecule has 2 aromatic heterocycles. The van der Waals surface area contributed by atoms with Crippen LogP contribution in [0.15, 0.2) is 54.2 Å². The highest BCUT2D eigenvalue weighted by molar-refractivity contribution is 7.20. The van der Waals surface area contributed by atoms with Crippen molar-refractivity contribution in [2.24, 2.45) is 0 Å². The van der Waals surface area contributed by atoms with Gasteiger partial charge in [0, 0.05) is 43.3 Å². The summed E-state index contributed by atoms with van der Waals surface area (Å²) in [6.07, 6.45) is 3.75. The maximum Gasteiger partial charge on any atom is 0.261 e. The zero-order valence-corrected chi connectivity index (χ0v) is 18.4. The molecule has 0 radical (unpaired) electrons. The van der Waals surface area contributed by atoms with Gasteiger partial charge in [0.2, 0.25) is 0 Å². The van der Waals surface area contributed by atoms with E-state index in [-0.39, 0.29) is 25.2 Å². The molecule has 0 unspecified atom stereocenters. The molecular formula is C24H27N3O3S. The van der Waals surface area contributed by atoms with Gasteiger partial charge in [-0.15, -0.1) is 11.3 Å². The number of aliphatic hydroxyl groups excluding tert-OH is 1. The SMILES string of the molecule is C/C(=C\c1ccccc1)CN1CCO[C@@H](c2c(C(=O)NCCO)sc3ncccc23)C1. The van der Waals surface area contributed by atoms with Gasteiger partial charge in [-0.2, -0.15) is 0 Å². The molecule has 0 spiro atoms. The lowest BCUT2D eigenvalue weighted by molar-refractivity contribution is -0.0261. The van der Waals surface area contributed by atoms with Crippen LogP contribution >= 0.6 is 11.3 Å². The zero-order chi connectivity index (χ0) is 21.6. The number of nitrogens with zero attached hydrogens (tertiary/aromatic N) is 2. The fraction of sp³-hybridized carbons (Fsp3) is 0.333. The molecule has 1 atom stereocenters. The van der Waals surface area contributed by atoms with Crippen molar-refractivity contribution in [2.45, 2.75) is 13.0 Å². The summed E-state index contributed by atoms with van der Waals surface area (Å²) in [7, 11) is 0. The number of nitrogens with one attached hydrogen (secondary N) is 1. The van der Waals surface area contributed by atoms with Gasteiger partial charge in [-0.3, -0.25) is 9.69 Å². The molecule has 1 aromatic carbocycles. The van der Waals surface area contributed by atoms with E-state index in [0.717, 1.165) is 28.9 Å². The molecule has 1 amide bonds. The second kappa shape index (κ2) is 10.2. The molecule has 6 nitrogen and oxygen atoms in total. The molecule has 1 aliphatic rings. The second-order valence-electron chi connectivity index (χ2n) is 7.68. The number of ether oxygens (including phenoxy) is 1. The monoisotopic (exact) mass is 437 g/mol. The topological polar surface area (TPSA) is 74.7 Å². The van der Waals surface area contributed by atoms with Crippen LogP contribution in [0.3, 0.4) is 0 Å². The number of fused-ring (bicyclic) bond motifs is 1. The molecule has 0 aliphatic carbocycles. The number of morpholine rings is 1. The lowest BCUT2D eigenvalue weighted by Gasteiger charge is -2.33. The predicted molar refractivity (Wildman–Crippen MR) is 124 cm³/mol. The predicted octanol–water partition coefficient (Wildman–Crippen LogP) is 3.50. The number of hydrogen-bond acceptors (Lipinski definition) is 6. The molecule has 2 N–H and O–H groups in total. The third kappa shape index (κ3) is 5.19. The molecule has 1 fully saturated rings. The van der Waals surface area contributed by atoms with Crippen LogP contribution in [-0.4, -0.2) is 60.3 Å². The third-order valence-electron chi connectivity index (χ3n) is 5.27. The Morgan fingerprint density at radius 2 is 2.16 bits per heavy atom. The average Bonchev–Trinajstić information content (AvgIpc) is 3.18. The Bertz CT molecular complexity index is 1060. The number of carbonyl (C=O) groups is 1. The molecule has 1 saturated heterocycles. The molecule has 3 aromatic rings. The first kappa shape index (κ1) is 21.6. The average molecular weight is 438 g/mol. The minimum absolute atomic E-state index is 0.0923. The highest BCUT2D eigenvalue weighted by atomic mass is 32.1. The number of amides is 1. The number of thiophene rings is 1. The number of carbonyl (C=O) groups excluding carboxylic acids is 1. The maximum absolute atomic E-state index is 12.8. The highest BCUT2D eigenvalue weighted by Gasteiger charge is 2.30. The van der Waals surface area contributed by atoms with Gasteiger partial charge in [0.05, 0.1) is 19.3 Å². The van der Waals surface area contributed by atoms with E-state index in [1.807, 2.05) is 30.3 Å². The third-order valence-corrected chi connectivity index (χ3v) is 6.39. The van der Waals surface area contributed by atoms with E-state index in [2.05, 4.69) is 40.3 Å². The molecule has 4 rings (SSSR count). The minimum atomic E-state index is -0.203. The first-order valence-electron chi connectivity index (χ1n) is 10.5. The van der Waals surface area contributed by atoms with Crippen molar-refractivity contribution in [3.63, 3.8) is 0 Å². The van der Waals surface area contributed by atoms with Gasteiger partial charge < -0.3 is 15.2 Å². The summed E-state index contributed by atoms with van der Waals surface area (Å²) in [5.74, 6) is -0.187. The first-order chi connectivity index (χ1) is 15.2. The lowest BCUT2D eigenvalue weighted by atomic mass is 10.0. The number of aliphatic hydroxyl groups is 1. The van der Waals surface area contributed by atoms with Crippen LogP contribution in [0, 0.1) is 0 Å². The normalized spacial score (nSPS) is 17.7. The first-order valence-corrected chi connectivity index (χ1v) is 11.3. The lowest BCUT2D eigenvalue weighted by Crippen LogP contribution is -2.39. The van der Waals surface area contributed by atoms with Crippen molar-refractivity contribution in [3.8, 4) is 0 Å². The minimum Gasteiger partial charge on any atom is -0.395 e. The highest BCUT2D eigenvalue weighted by Crippen LogP contribution is 2.37. The van der Waals surface area contributed by atoms with Crippen LogP contribution < -0.4 is 5.32 Å². The van der Waals surface area contributed by atoms with Crippen molar-refractivity contribution in [1.82, 2.24) is 15.2 Å². The van der Waals surface area contributed by atoms with E-state index in [1.54, 1.807) is 6.20 Å². The van der Waals surface area contributed by atoms with Gasteiger partial charge in [-0.25, -0.2) is 4.98 Å². The maximum atomic E-state index is 12.8. The van der Waals surface area contributed by atoms with Crippen LogP contribution in [0.5, 0.6) is 0 Å². The Labute approximate surface area is 186 Å². The fourth-order valence-electron chi connectivity index (χ4n) is 3.94. The van der Waals surface area contributed by atoms with Gasteiger partial charge in [0.15, 0.2) is 0 Å². The van der Waals surface area contributed by atoms with Crippen LogP contribution in [0.2, 0.25) is 0 Å². The van der Waals surface area contributed by atoms with E-state index in [4.69, 9.17) is 9.84 Å². The van der Waals surface area contributed by atoms with Crippen molar-refractivity contribution in [3.05, 3.63) is 70.2 Å². The number of aromatic nitrogens is 1. The summed E-state index contributed by atoms with van der Waals surface area (Å²) in [5.41, 5.74) is 3.38. The van der Waals surface area contributed by atoms with Gasteiger partial charge in [0.1, 0.15) is 9.71 Å². The van der Waals surface area contributed by atoms with Crippen LogP contribution in [0.1, 0.15) is 33.8 Å². The summed E-state index contributed by atoms with van der Waals surface area (Å²) in [5, 5.41) is 12.8. The molecule has 0 bridgehead atoms. The summed E-state index contributed by atoms with van der Waals surface area (Å²) in [6, 6.07) is 14.2. The Balaban J connectivity index is 1.56. The molecular weight excluding hydrogens is 410 g/mol. The Morgan fingerprint density at radius 1 is 1.32 bits per heavy atom. The Kier molecular flexibility index (Phi) is 7.09. The van der Waals surface area contributed by atoms with Crippen molar-refractivity contribution >= 4 is 33.5 Å². The van der Waals surface area contributed by atoms with Crippen molar-refractivity contribution in [2.75, 3.05) is 39.4 Å². The molecule has 7 heteroatoms. The number of rotatable bonds is 7. The summed E-state index contributed by atoms with van der Waals surface area (Å²) < 4.78 is 6.14. The van der Waals surface area contributed by atoms with E-state index in [1.165, 1.54) is 22.5 Å². The number of benzene rings is 1.